The van der Waals surface area contributed by atoms with Crippen molar-refractivity contribution in [3.63, 3.8) is 0 Å². The predicted molar refractivity (Wildman–Crippen MR) is 73.8 cm³/mol. The molecule has 6 nitrogen and oxygen atoms in total. The molecule has 0 aliphatic carbocycles. The van der Waals surface area contributed by atoms with Crippen LogP contribution in [0.25, 0.3) is 0 Å². The zero-order valence-electron chi connectivity index (χ0n) is 10.5. The number of H-pyrrole nitrogens is 1. The zero-order chi connectivity index (χ0) is 14.3. The number of aliphatic hydroxyl groups excluding tert-OH is 1. The average molecular weight is 289 g/mol. The van der Waals surface area contributed by atoms with Crippen LogP contribution in [0.15, 0.2) is 45.3 Å². The standard InChI is InChI=1S/C13H11N3O3S/c1-16-9-6-7(2-3-8(9)11(18)12(16)19)20-13-14-5-4-10(17)15-13/h2-6,11,18H,1H3,(H,14,15,17). The molecular weight excluding hydrogens is 278 g/mol. The first-order valence-electron chi connectivity index (χ1n) is 5.89. The molecule has 7 heteroatoms. The summed E-state index contributed by atoms with van der Waals surface area (Å²) in [4.78, 5) is 31.8. The van der Waals surface area contributed by atoms with Gasteiger partial charge in [-0.1, -0.05) is 17.8 Å². The number of aromatic amines is 1. The Morgan fingerprint density at radius 1 is 1.35 bits per heavy atom. The second-order valence-electron chi connectivity index (χ2n) is 4.36. The molecule has 102 valence electrons. The molecule has 0 radical (unpaired) electrons. The minimum atomic E-state index is -1.09. The molecule has 0 bridgehead atoms. The molecule has 1 amide bonds. The van der Waals surface area contributed by atoms with Gasteiger partial charge in [-0.25, -0.2) is 4.98 Å². The molecule has 3 rings (SSSR count). The number of nitrogens with zero attached hydrogens (tertiary/aromatic N) is 2. The third-order valence-electron chi connectivity index (χ3n) is 3.08. The van der Waals surface area contributed by atoms with E-state index in [1.54, 1.807) is 25.2 Å². The molecule has 1 aliphatic heterocycles. The van der Waals surface area contributed by atoms with Gasteiger partial charge in [0.1, 0.15) is 0 Å². The van der Waals surface area contributed by atoms with Crippen molar-refractivity contribution >= 4 is 23.4 Å². The van der Waals surface area contributed by atoms with E-state index in [1.165, 1.54) is 28.9 Å². The first-order valence-corrected chi connectivity index (χ1v) is 6.70. The first kappa shape index (κ1) is 12.9. The number of carbonyl (C=O) groups is 1. The van der Waals surface area contributed by atoms with Crippen LogP contribution in [0.1, 0.15) is 11.7 Å². The number of hydrogen-bond donors (Lipinski definition) is 2. The lowest BCUT2D eigenvalue weighted by molar-refractivity contribution is -0.125. The molecule has 0 spiro atoms. The van der Waals surface area contributed by atoms with E-state index in [-0.39, 0.29) is 11.5 Å². The number of amides is 1. The average Bonchev–Trinajstić information content (AvgIpc) is 2.64. The van der Waals surface area contributed by atoms with Crippen LogP contribution in [0.5, 0.6) is 0 Å². The molecule has 1 aromatic carbocycles. The molecule has 1 aromatic heterocycles. The van der Waals surface area contributed by atoms with Gasteiger partial charge in [0, 0.05) is 29.8 Å². The van der Waals surface area contributed by atoms with E-state index in [9.17, 15) is 14.7 Å². The molecular formula is C13H11N3O3S. The summed E-state index contributed by atoms with van der Waals surface area (Å²) in [7, 11) is 1.62. The minimum absolute atomic E-state index is 0.216. The van der Waals surface area contributed by atoms with Crippen molar-refractivity contribution in [3.8, 4) is 0 Å². The monoisotopic (exact) mass is 289 g/mol. The first-order chi connectivity index (χ1) is 9.56. The molecule has 2 heterocycles. The van der Waals surface area contributed by atoms with Gasteiger partial charge in [-0.2, -0.15) is 0 Å². The van der Waals surface area contributed by atoms with Gasteiger partial charge in [-0.15, -0.1) is 0 Å². The SMILES string of the molecule is CN1C(=O)C(O)c2ccc(Sc3nccc(=O)[nH]3)cc21. The third-order valence-corrected chi connectivity index (χ3v) is 3.98. The van der Waals surface area contributed by atoms with Crippen molar-refractivity contribution in [2.45, 2.75) is 16.2 Å². The summed E-state index contributed by atoms with van der Waals surface area (Å²) in [6.07, 6.45) is 0.345. The topological polar surface area (TPSA) is 86.3 Å². The molecule has 1 aliphatic rings. The fraction of sp³-hybridized carbons (Fsp3) is 0.154. The van der Waals surface area contributed by atoms with Crippen molar-refractivity contribution in [1.29, 1.82) is 0 Å². The molecule has 2 N–H and O–H groups in total. The summed E-state index contributed by atoms with van der Waals surface area (Å²) >= 11 is 1.29. The highest BCUT2D eigenvalue weighted by Gasteiger charge is 2.33. The van der Waals surface area contributed by atoms with Gasteiger partial charge in [0.2, 0.25) is 0 Å². The molecule has 0 saturated heterocycles. The Morgan fingerprint density at radius 3 is 2.90 bits per heavy atom. The van der Waals surface area contributed by atoms with E-state index < -0.39 is 6.10 Å². The van der Waals surface area contributed by atoms with Gasteiger partial charge in [-0.05, 0) is 12.1 Å². The Bertz CT molecular complexity index is 744. The van der Waals surface area contributed by atoms with E-state index in [2.05, 4.69) is 9.97 Å². The molecule has 2 aromatic rings. The molecule has 0 saturated carbocycles. The van der Waals surface area contributed by atoms with Crippen LogP contribution < -0.4 is 10.5 Å². The van der Waals surface area contributed by atoms with Crippen LogP contribution in [0.3, 0.4) is 0 Å². The Kier molecular flexibility index (Phi) is 3.07. The van der Waals surface area contributed by atoms with E-state index in [4.69, 9.17) is 0 Å². The van der Waals surface area contributed by atoms with Gasteiger partial charge in [0.05, 0.1) is 5.69 Å². The van der Waals surface area contributed by atoms with Crippen molar-refractivity contribution in [2.24, 2.45) is 0 Å². The maximum absolute atomic E-state index is 11.7. The van der Waals surface area contributed by atoms with Crippen molar-refractivity contribution in [3.05, 3.63) is 46.4 Å². The fourth-order valence-electron chi connectivity index (χ4n) is 2.06. The van der Waals surface area contributed by atoms with Crippen molar-refractivity contribution in [2.75, 3.05) is 11.9 Å². The van der Waals surface area contributed by atoms with Crippen LogP contribution in [-0.2, 0) is 4.79 Å². The summed E-state index contributed by atoms with van der Waals surface area (Å²) in [5.41, 5.74) is 1.05. The number of rotatable bonds is 2. The number of aliphatic hydroxyl groups is 1. The second kappa shape index (κ2) is 4.77. The summed E-state index contributed by atoms with van der Waals surface area (Å²) in [6, 6.07) is 6.63. The third kappa shape index (κ3) is 2.10. The highest BCUT2D eigenvalue weighted by atomic mass is 32.2. The Morgan fingerprint density at radius 2 is 2.15 bits per heavy atom. The Hall–Kier alpha value is -2.12. The molecule has 1 atom stereocenters. The van der Waals surface area contributed by atoms with Crippen LogP contribution in [0, 0.1) is 0 Å². The fourth-order valence-corrected chi connectivity index (χ4v) is 2.85. The van der Waals surface area contributed by atoms with Crippen molar-refractivity contribution in [1.82, 2.24) is 9.97 Å². The molecule has 20 heavy (non-hydrogen) atoms. The minimum Gasteiger partial charge on any atom is -0.378 e. The van der Waals surface area contributed by atoms with E-state index in [1.807, 2.05) is 0 Å². The van der Waals surface area contributed by atoms with Crippen molar-refractivity contribution < 1.29 is 9.90 Å². The normalized spacial score (nSPS) is 17.4. The lowest BCUT2D eigenvalue weighted by Crippen LogP contribution is -2.23. The van der Waals surface area contributed by atoms with Gasteiger partial charge >= 0.3 is 0 Å². The number of nitrogens with one attached hydrogen (secondary N) is 1. The van der Waals surface area contributed by atoms with E-state index >= 15 is 0 Å². The van der Waals surface area contributed by atoms with Gasteiger partial charge in [0.25, 0.3) is 11.5 Å². The predicted octanol–water partition coefficient (Wildman–Crippen LogP) is 0.931. The quantitative estimate of drug-likeness (QED) is 0.803. The number of anilines is 1. The summed E-state index contributed by atoms with van der Waals surface area (Å²) < 4.78 is 0. The largest absolute Gasteiger partial charge is 0.378 e. The number of fused-ring (bicyclic) bond motifs is 1. The summed E-state index contributed by atoms with van der Waals surface area (Å²) in [5, 5.41) is 10.3. The Balaban J connectivity index is 1.94. The molecule has 0 fully saturated rings. The number of hydrogen-bond acceptors (Lipinski definition) is 5. The summed E-state index contributed by atoms with van der Waals surface area (Å²) in [5.74, 6) is -0.339. The number of aromatic nitrogens is 2. The lowest BCUT2D eigenvalue weighted by atomic mass is 10.1. The van der Waals surface area contributed by atoms with Gasteiger partial charge in [0.15, 0.2) is 11.3 Å². The highest BCUT2D eigenvalue weighted by Crippen LogP contribution is 2.38. The van der Waals surface area contributed by atoms with Crippen LogP contribution in [0.4, 0.5) is 5.69 Å². The number of carbonyl (C=O) groups excluding carboxylic acids is 1. The van der Waals surface area contributed by atoms with Crippen LogP contribution in [0.2, 0.25) is 0 Å². The molecule has 1 unspecified atom stereocenters. The zero-order valence-corrected chi connectivity index (χ0v) is 11.3. The maximum atomic E-state index is 11.7. The highest BCUT2D eigenvalue weighted by molar-refractivity contribution is 7.99. The number of benzene rings is 1. The van der Waals surface area contributed by atoms with E-state index in [0.29, 0.717) is 16.4 Å². The summed E-state index contributed by atoms with van der Waals surface area (Å²) in [6.45, 7) is 0. The van der Waals surface area contributed by atoms with Gasteiger partial charge in [-0.3, -0.25) is 9.59 Å². The van der Waals surface area contributed by atoms with Gasteiger partial charge < -0.3 is 15.0 Å². The Labute approximate surface area is 118 Å². The van der Waals surface area contributed by atoms with E-state index in [0.717, 1.165) is 4.90 Å². The second-order valence-corrected chi connectivity index (χ2v) is 5.42. The van der Waals surface area contributed by atoms with Crippen LogP contribution >= 0.6 is 11.8 Å². The smallest absolute Gasteiger partial charge is 0.260 e. The lowest BCUT2D eigenvalue weighted by Gasteiger charge is -2.10. The van der Waals surface area contributed by atoms with Crippen LogP contribution in [-0.4, -0.2) is 28.0 Å². The number of likely N-dealkylation sites (N-methyl/N-ethyl adjacent to an activating group) is 1. The maximum Gasteiger partial charge on any atom is 0.260 e.